The molecule has 0 saturated carbocycles. The van der Waals surface area contributed by atoms with Crippen LogP contribution in [0, 0.1) is 0 Å². The Bertz CT molecular complexity index is 475. The Labute approximate surface area is 141 Å². The minimum Gasteiger partial charge on any atom is -0.337 e. The normalized spacial score (nSPS) is 24.0. The molecule has 2 saturated heterocycles. The zero-order chi connectivity index (χ0) is 15.2. The van der Waals surface area contributed by atoms with Gasteiger partial charge in [0.2, 0.25) is 0 Å². The molecule has 0 bridgehead atoms. The van der Waals surface area contributed by atoms with Crippen LogP contribution < -0.4 is 5.32 Å². The monoisotopic (exact) mass is 336 g/mol. The molecule has 0 radical (unpaired) electrons. The quantitative estimate of drug-likeness (QED) is 0.920. The summed E-state index contributed by atoms with van der Waals surface area (Å²) in [4.78, 5) is 14.6. The molecule has 1 aromatic rings. The summed E-state index contributed by atoms with van der Waals surface area (Å²) in [6.45, 7) is 1.74. The lowest BCUT2D eigenvalue weighted by Gasteiger charge is -2.35. The number of rotatable bonds is 3. The molecule has 1 N–H and O–H groups in total. The number of amides is 1. The molecule has 3 nitrogen and oxygen atoms in total. The third-order valence-corrected chi connectivity index (χ3v) is 6.73. The van der Waals surface area contributed by atoms with E-state index in [0.717, 1.165) is 25.1 Å². The van der Waals surface area contributed by atoms with Gasteiger partial charge >= 0.3 is 0 Å². The first kappa shape index (κ1) is 16.2. The predicted molar refractivity (Wildman–Crippen MR) is 96.9 cm³/mol. The molecule has 1 amide bonds. The van der Waals surface area contributed by atoms with Crippen molar-refractivity contribution in [3.63, 3.8) is 0 Å². The predicted octanol–water partition coefficient (Wildman–Crippen LogP) is 2.73. The first-order chi connectivity index (χ1) is 10.8. The summed E-state index contributed by atoms with van der Waals surface area (Å²) in [7, 11) is 0. The van der Waals surface area contributed by atoms with Crippen molar-refractivity contribution in [1.82, 2.24) is 10.2 Å². The van der Waals surface area contributed by atoms with Crippen molar-refractivity contribution in [2.75, 3.05) is 36.1 Å². The largest absolute Gasteiger partial charge is 0.337 e. The summed E-state index contributed by atoms with van der Waals surface area (Å²) in [5.74, 6) is 5.13. The molecule has 22 heavy (non-hydrogen) atoms. The fraction of sp³-hybridized carbons (Fsp3) is 0.588. The average molecular weight is 337 g/mol. The van der Waals surface area contributed by atoms with Gasteiger partial charge in [-0.05, 0) is 25.0 Å². The van der Waals surface area contributed by atoms with Crippen molar-refractivity contribution in [1.29, 1.82) is 0 Å². The molecule has 2 fully saturated rings. The molecule has 120 valence electrons. The summed E-state index contributed by atoms with van der Waals surface area (Å²) < 4.78 is 0. The molecule has 1 atom stereocenters. The molecular formula is C17H24N2OS2. The Morgan fingerprint density at radius 1 is 1.09 bits per heavy atom. The number of likely N-dealkylation sites (tertiary alicyclic amines) is 1. The van der Waals surface area contributed by atoms with Gasteiger partial charge in [-0.3, -0.25) is 4.79 Å². The number of nitrogens with zero attached hydrogens (tertiary/aromatic N) is 1. The van der Waals surface area contributed by atoms with E-state index in [2.05, 4.69) is 28.8 Å². The van der Waals surface area contributed by atoms with Crippen molar-refractivity contribution in [2.24, 2.45) is 0 Å². The van der Waals surface area contributed by atoms with Gasteiger partial charge in [-0.25, -0.2) is 0 Å². The van der Waals surface area contributed by atoms with Crippen LogP contribution in [0.4, 0.5) is 0 Å². The van der Waals surface area contributed by atoms with E-state index in [1.54, 1.807) is 0 Å². The summed E-state index contributed by atoms with van der Waals surface area (Å²) in [5, 5.41) is 3.80. The van der Waals surface area contributed by atoms with E-state index >= 15 is 0 Å². The lowest BCUT2D eigenvalue weighted by atomic mass is 10.0. The summed E-state index contributed by atoms with van der Waals surface area (Å²) >= 11 is 4.11. The lowest BCUT2D eigenvalue weighted by molar-refractivity contribution is 0.0691. The van der Waals surface area contributed by atoms with Gasteiger partial charge in [-0.15, -0.1) is 0 Å². The average Bonchev–Trinajstić information content (AvgIpc) is 2.84. The van der Waals surface area contributed by atoms with Crippen LogP contribution in [0.25, 0.3) is 0 Å². The molecule has 0 aliphatic carbocycles. The van der Waals surface area contributed by atoms with Gasteiger partial charge in [0.05, 0.1) is 0 Å². The zero-order valence-electron chi connectivity index (χ0n) is 12.9. The summed E-state index contributed by atoms with van der Waals surface area (Å²) in [6, 6.07) is 10.7. The van der Waals surface area contributed by atoms with E-state index in [0.29, 0.717) is 12.1 Å². The molecule has 0 aromatic heterocycles. The van der Waals surface area contributed by atoms with Crippen LogP contribution in [-0.2, 0) is 0 Å². The van der Waals surface area contributed by atoms with Gasteiger partial charge in [0.15, 0.2) is 0 Å². The maximum absolute atomic E-state index is 12.6. The smallest absolute Gasteiger partial charge is 0.253 e. The maximum Gasteiger partial charge on any atom is 0.253 e. The van der Waals surface area contributed by atoms with Crippen LogP contribution in [0.2, 0.25) is 0 Å². The number of hydrogen-bond acceptors (Lipinski definition) is 4. The van der Waals surface area contributed by atoms with Crippen molar-refractivity contribution in [3.8, 4) is 0 Å². The first-order valence-corrected chi connectivity index (χ1v) is 10.4. The second-order valence-corrected chi connectivity index (χ2v) is 8.27. The minimum atomic E-state index is 0.178. The van der Waals surface area contributed by atoms with E-state index in [1.807, 2.05) is 35.2 Å². The van der Waals surface area contributed by atoms with E-state index in [1.165, 1.54) is 29.4 Å². The van der Waals surface area contributed by atoms with E-state index in [9.17, 15) is 4.79 Å². The summed E-state index contributed by atoms with van der Waals surface area (Å²) in [6.07, 6.45) is 2.29. The highest BCUT2D eigenvalue weighted by Gasteiger charge is 2.26. The van der Waals surface area contributed by atoms with Crippen LogP contribution in [-0.4, -0.2) is 59.0 Å². The topological polar surface area (TPSA) is 32.3 Å². The highest BCUT2D eigenvalue weighted by Crippen LogP contribution is 2.19. The lowest BCUT2D eigenvalue weighted by Crippen LogP contribution is -2.51. The Balaban J connectivity index is 1.56. The SMILES string of the molecule is O=C(c1ccccc1)N1CCCC(NC2CSCCSC2)C1. The van der Waals surface area contributed by atoms with Crippen molar-refractivity contribution >= 4 is 29.4 Å². The Kier molecular flexibility index (Phi) is 6.10. The van der Waals surface area contributed by atoms with Crippen LogP contribution in [0.5, 0.6) is 0 Å². The molecule has 0 spiro atoms. The summed E-state index contributed by atoms with van der Waals surface area (Å²) in [5.41, 5.74) is 0.809. The zero-order valence-corrected chi connectivity index (χ0v) is 14.5. The number of carbonyl (C=O) groups excluding carboxylic acids is 1. The molecule has 1 unspecified atom stereocenters. The van der Waals surface area contributed by atoms with Gasteiger partial charge in [0.25, 0.3) is 5.91 Å². The molecule has 5 heteroatoms. The second-order valence-electron chi connectivity index (χ2n) is 5.97. The molecule has 3 rings (SSSR count). The van der Waals surface area contributed by atoms with Gasteiger partial charge in [-0.2, -0.15) is 23.5 Å². The standard InChI is InChI=1S/C17H24N2OS2/c20-17(14-5-2-1-3-6-14)19-8-4-7-15(11-19)18-16-12-21-9-10-22-13-16/h1-3,5-6,15-16,18H,4,7-13H2. The number of hydrogen-bond donors (Lipinski definition) is 1. The van der Waals surface area contributed by atoms with E-state index in [-0.39, 0.29) is 5.91 Å². The number of carbonyl (C=O) groups is 1. The van der Waals surface area contributed by atoms with Crippen LogP contribution >= 0.6 is 23.5 Å². The molecular weight excluding hydrogens is 312 g/mol. The highest BCUT2D eigenvalue weighted by molar-refractivity contribution is 8.03. The Morgan fingerprint density at radius 3 is 2.55 bits per heavy atom. The molecule has 2 heterocycles. The second kappa shape index (κ2) is 8.27. The Hall–Kier alpha value is -0.650. The minimum absolute atomic E-state index is 0.178. The fourth-order valence-electron chi connectivity index (χ4n) is 3.11. The third-order valence-electron chi connectivity index (χ3n) is 4.21. The van der Waals surface area contributed by atoms with E-state index in [4.69, 9.17) is 0 Å². The molecule has 2 aliphatic heterocycles. The molecule has 2 aliphatic rings. The first-order valence-electron chi connectivity index (χ1n) is 8.09. The van der Waals surface area contributed by atoms with Gasteiger partial charge < -0.3 is 10.2 Å². The van der Waals surface area contributed by atoms with Crippen molar-refractivity contribution < 1.29 is 4.79 Å². The van der Waals surface area contributed by atoms with Gasteiger partial charge in [-0.1, -0.05) is 18.2 Å². The third kappa shape index (κ3) is 4.43. The molecule has 1 aromatic carbocycles. The highest BCUT2D eigenvalue weighted by atomic mass is 32.2. The van der Waals surface area contributed by atoms with Crippen molar-refractivity contribution in [2.45, 2.75) is 24.9 Å². The maximum atomic E-state index is 12.6. The van der Waals surface area contributed by atoms with Crippen LogP contribution in [0.15, 0.2) is 30.3 Å². The van der Waals surface area contributed by atoms with Crippen LogP contribution in [0.1, 0.15) is 23.2 Å². The number of nitrogens with one attached hydrogen (secondary N) is 1. The van der Waals surface area contributed by atoms with Crippen LogP contribution in [0.3, 0.4) is 0 Å². The van der Waals surface area contributed by atoms with Crippen molar-refractivity contribution in [3.05, 3.63) is 35.9 Å². The van der Waals surface area contributed by atoms with Gasteiger partial charge in [0, 0.05) is 53.7 Å². The fourth-order valence-corrected chi connectivity index (χ4v) is 5.53. The number of benzene rings is 1. The Morgan fingerprint density at radius 2 is 1.82 bits per heavy atom. The van der Waals surface area contributed by atoms with Gasteiger partial charge in [0.1, 0.15) is 0 Å². The number of thioether (sulfide) groups is 2. The number of piperidine rings is 1. The van der Waals surface area contributed by atoms with E-state index < -0.39 is 0 Å².